The number of amides is 1. The topological polar surface area (TPSA) is 55.8 Å². The van der Waals surface area contributed by atoms with Gasteiger partial charge in [0, 0.05) is 25.9 Å². The van der Waals surface area contributed by atoms with E-state index >= 15 is 0 Å². The molecule has 1 atom stereocenters. The van der Waals surface area contributed by atoms with E-state index in [1.807, 2.05) is 52.8 Å². The lowest BCUT2D eigenvalue weighted by Gasteiger charge is -2.35. The summed E-state index contributed by atoms with van der Waals surface area (Å²) in [4.78, 5) is 26.8. The molecule has 0 radical (unpaired) electrons. The number of carbonyl (C=O) groups excluding carboxylic acids is 2. The van der Waals surface area contributed by atoms with Crippen LogP contribution < -0.4 is 0 Å². The largest absolute Gasteiger partial charge is 0.462 e. The summed E-state index contributed by atoms with van der Waals surface area (Å²) in [5.74, 6) is 0.176. The van der Waals surface area contributed by atoms with Gasteiger partial charge in [-0.25, -0.2) is 4.79 Å². The van der Waals surface area contributed by atoms with Gasteiger partial charge in [0.05, 0.1) is 5.41 Å². The number of carbonyl (C=O) groups is 2. The van der Waals surface area contributed by atoms with Crippen molar-refractivity contribution in [2.24, 2.45) is 5.41 Å². The third kappa shape index (κ3) is 7.06. The number of hydrogen-bond donors (Lipinski definition) is 0. The highest BCUT2D eigenvalue weighted by atomic mass is 16.6. The molecule has 1 saturated heterocycles. The third-order valence-electron chi connectivity index (χ3n) is 5.44. The highest BCUT2D eigenvalue weighted by Gasteiger charge is 2.35. The Hall–Kier alpha value is -2.04. The Labute approximate surface area is 175 Å². The van der Waals surface area contributed by atoms with Crippen molar-refractivity contribution in [3.8, 4) is 0 Å². The summed E-state index contributed by atoms with van der Waals surface area (Å²) < 4.78 is 11.3. The predicted molar refractivity (Wildman–Crippen MR) is 115 cm³/mol. The lowest BCUT2D eigenvalue weighted by molar-refractivity contribution is -0.162. The maximum absolute atomic E-state index is 12.9. The number of rotatable bonds is 6. The van der Waals surface area contributed by atoms with Crippen LogP contribution in [0.4, 0.5) is 4.79 Å². The van der Waals surface area contributed by atoms with Crippen LogP contribution in [0.1, 0.15) is 78.7 Å². The van der Waals surface area contributed by atoms with Crippen LogP contribution in [0.2, 0.25) is 0 Å². The van der Waals surface area contributed by atoms with Crippen molar-refractivity contribution in [1.82, 2.24) is 4.90 Å². The van der Waals surface area contributed by atoms with E-state index in [9.17, 15) is 9.59 Å². The summed E-state index contributed by atoms with van der Waals surface area (Å²) in [5.41, 5.74) is 0.208. The number of hydrogen-bond acceptors (Lipinski definition) is 4. The molecule has 1 unspecified atom stereocenters. The zero-order chi connectivity index (χ0) is 21.7. The fraction of sp³-hybridized carbons (Fsp3) is 0.667. The maximum Gasteiger partial charge on any atom is 0.410 e. The van der Waals surface area contributed by atoms with E-state index in [0.717, 1.165) is 12.8 Å². The molecule has 1 aromatic rings. The Morgan fingerprint density at radius 1 is 1.07 bits per heavy atom. The molecule has 162 valence electrons. The molecule has 1 aliphatic rings. The van der Waals surface area contributed by atoms with Gasteiger partial charge in [-0.15, -0.1) is 0 Å². The maximum atomic E-state index is 12.9. The molecule has 29 heavy (non-hydrogen) atoms. The first kappa shape index (κ1) is 23.2. The first-order valence-electron chi connectivity index (χ1n) is 10.8. The SMILES string of the molecule is CCC(CC(C)(C)C(=O)OC1CCN(C(=O)OC(C)(C)C)CC1)c1ccccc1. The number of ether oxygens (including phenoxy) is 2. The van der Waals surface area contributed by atoms with E-state index in [0.29, 0.717) is 31.8 Å². The summed E-state index contributed by atoms with van der Waals surface area (Å²) in [5, 5.41) is 0. The monoisotopic (exact) mass is 403 g/mol. The van der Waals surface area contributed by atoms with E-state index in [1.54, 1.807) is 4.90 Å². The second kappa shape index (κ2) is 9.64. The predicted octanol–water partition coefficient (Wildman–Crippen LogP) is 5.54. The molecule has 1 aromatic carbocycles. The van der Waals surface area contributed by atoms with Crippen LogP contribution in [-0.4, -0.2) is 41.8 Å². The van der Waals surface area contributed by atoms with E-state index in [-0.39, 0.29) is 18.2 Å². The van der Waals surface area contributed by atoms with Crippen LogP contribution in [0.5, 0.6) is 0 Å². The van der Waals surface area contributed by atoms with Crippen LogP contribution in [-0.2, 0) is 14.3 Å². The second-order valence-electron chi connectivity index (χ2n) is 9.68. The standard InChI is InChI=1S/C24H37NO4/c1-7-18(19-11-9-8-10-12-19)17-24(5,6)21(26)28-20-13-15-25(16-14-20)22(27)29-23(2,3)4/h8-12,18,20H,7,13-17H2,1-6H3. The van der Waals surface area contributed by atoms with Gasteiger partial charge < -0.3 is 14.4 Å². The van der Waals surface area contributed by atoms with Gasteiger partial charge in [0.2, 0.25) is 0 Å². The minimum atomic E-state index is -0.557. The van der Waals surface area contributed by atoms with Crippen LogP contribution in [0.15, 0.2) is 30.3 Å². The average molecular weight is 404 g/mol. The van der Waals surface area contributed by atoms with E-state index < -0.39 is 11.0 Å². The molecule has 1 aliphatic heterocycles. The summed E-state index contributed by atoms with van der Waals surface area (Å²) in [6, 6.07) is 10.4. The normalized spacial score (nSPS) is 17.0. The lowest BCUT2D eigenvalue weighted by Crippen LogP contribution is -2.44. The molecule has 0 saturated carbocycles. The van der Waals surface area contributed by atoms with Crippen molar-refractivity contribution in [1.29, 1.82) is 0 Å². The fourth-order valence-electron chi connectivity index (χ4n) is 3.72. The first-order chi connectivity index (χ1) is 13.5. The molecule has 5 nitrogen and oxygen atoms in total. The van der Waals surface area contributed by atoms with Gasteiger partial charge in [0.1, 0.15) is 11.7 Å². The van der Waals surface area contributed by atoms with E-state index in [4.69, 9.17) is 9.47 Å². The molecule has 2 rings (SSSR count). The Balaban J connectivity index is 1.87. The van der Waals surface area contributed by atoms with Gasteiger partial charge in [-0.05, 0) is 58.9 Å². The Bertz CT molecular complexity index is 670. The molecular formula is C24H37NO4. The Morgan fingerprint density at radius 3 is 2.17 bits per heavy atom. The minimum Gasteiger partial charge on any atom is -0.462 e. The third-order valence-corrected chi connectivity index (χ3v) is 5.44. The van der Waals surface area contributed by atoms with Crippen molar-refractivity contribution in [2.75, 3.05) is 13.1 Å². The van der Waals surface area contributed by atoms with Crippen LogP contribution in [0, 0.1) is 5.41 Å². The number of nitrogens with zero attached hydrogens (tertiary/aromatic N) is 1. The van der Waals surface area contributed by atoms with Crippen molar-refractivity contribution in [3.05, 3.63) is 35.9 Å². The molecule has 0 bridgehead atoms. The second-order valence-corrected chi connectivity index (χ2v) is 9.68. The number of likely N-dealkylation sites (tertiary alicyclic amines) is 1. The molecule has 1 amide bonds. The summed E-state index contributed by atoms with van der Waals surface area (Å²) in [6.07, 6.45) is 2.60. The summed E-state index contributed by atoms with van der Waals surface area (Å²) >= 11 is 0. The Morgan fingerprint density at radius 2 is 1.66 bits per heavy atom. The van der Waals surface area contributed by atoms with Crippen LogP contribution >= 0.6 is 0 Å². The van der Waals surface area contributed by atoms with Gasteiger partial charge in [-0.1, -0.05) is 37.3 Å². The van der Waals surface area contributed by atoms with Crippen LogP contribution in [0.25, 0.3) is 0 Å². The number of piperidine rings is 1. The zero-order valence-corrected chi connectivity index (χ0v) is 18.9. The molecule has 1 heterocycles. The molecular weight excluding hydrogens is 366 g/mol. The van der Waals surface area contributed by atoms with Gasteiger partial charge in [-0.2, -0.15) is 0 Å². The van der Waals surface area contributed by atoms with Crippen LogP contribution in [0.3, 0.4) is 0 Å². The fourth-order valence-corrected chi connectivity index (χ4v) is 3.72. The number of esters is 1. The van der Waals surface area contributed by atoms with Crippen molar-refractivity contribution in [3.63, 3.8) is 0 Å². The smallest absolute Gasteiger partial charge is 0.410 e. The molecule has 0 aromatic heterocycles. The van der Waals surface area contributed by atoms with Crippen molar-refractivity contribution >= 4 is 12.1 Å². The number of benzene rings is 1. The van der Waals surface area contributed by atoms with E-state index in [2.05, 4.69) is 19.1 Å². The van der Waals surface area contributed by atoms with Gasteiger partial charge >= 0.3 is 12.1 Å². The molecule has 0 aliphatic carbocycles. The lowest BCUT2D eigenvalue weighted by atomic mass is 9.79. The molecule has 1 fully saturated rings. The van der Waals surface area contributed by atoms with Crippen molar-refractivity contribution in [2.45, 2.75) is 84.8 Å². The van der Waals surface area contributed by atoms with Gasteiger partial charge in [0.25, 0.3) is 0 Å². The summed E-state index contributed by atoms with van der Waals surface area (Å²) in [6.45, 7) is 12.8. The van der Waals surface area contributed by atoms with Crippen molar-refractivity contribution < 1.29 is 19.1 Å². The highest BCUT2D eigenvalue weighted by Crippen LogP contribution is 2.35. The quantitative estimate of drug-likeness (QED) is 0.585. The molecule has 5 heteroatoms. The summed E-state index contributed by atoms with van der Waals surface area (Å²) in [7, 11) is 0. The van der Waals surface area contributed by atoms with E-state index in [1.165, 1.54) is 5.56 Å². The Kier molecular flexibility index (Phi) is 7.73. The highest BCUT2D eigenvalue weighted by molar-refractivity contribution is 5.76. The zero-order valence-electron chi connectivity index (χ0n) is 18.9. The van der Waals surface area contributed by atoms with Gasteiger partial charge in [-0.3, -0.25) is 4.79 Å². The first-order valence-corrected chi connectivity index (χ1v) is 10.8. The minimum absolute atomic E-state index is 0.141. The molecule has 0 spiro atoms. The van der Waals surface area contributed by atoms with Gasteiger partial charge in [0.15, 0.2) is 0 Å². The molecule has 0 N–H and O–H groups in total. The average Bonchev–Trinajstić information content (AvgIpc) is 2.66.